The van der Waals surface area contributed by atoms with Crippen LogP contribution in [-0.4, -0.2) is 27.1 Å². The minimum atomic E-state index is -1.22. The molecule has 0 fully saturated rings. The van der Waals surface area contributed by atoms with Gasteiger partial charge in [0.05, 0.1) is 22.3 Å². The van der Waals surface area contributed by atoms with Crippen LogP contribution in [0.5, 0.6) is 0 Å². The summed E-state index contributed by atoms with van der Waals surface area (Å²) < 4.78 is 0. The van der Waals surface area contributed by atoms with Crippen LogP contribution in [-0.2, 0) is 0 Å². The Morgan fingerprint density at radius 2 is 1.84 bits per heavy atom. The van der Waals surface area contributed by atoms with Gasteiger partial charge in [0.1, 0.15) is 0 Å². The maximum Gasteiger partial charge on any atom is 0.337 e. The highest BCUT2D eigenvalue weighted by atomic mass is 35.5. The van der Waals surface area contributed by atoms with Gasteiger partial charge in [0.25, 0.3) is 0 Å². The smallest absolute Gasteiger partial charge is 0.337 e. The molecule has 0 radical (unpaired) electrons. The van der Waals surface area contributed by atoms with E-state index in [1.165, 1.54) is 16.8 Å². The van der Waals surface area contributed by atoms with Gasteiger partial charge in [0.2, 0.25) is 0 Å². The molecule has 0 atom stereocenters. The zero-order valence-corrected chi connectivity index (χ0v) is 14.6. The zero-order valence-electron chi connectivity index (χ0n) is 13.0. The fourth-order valence-electron chi connectivity index (χ4n) is 2.79. The SMILES string of the molecule is Cc1cc(-c2cccc(Cl)c2)c(C(=O)O)c(-c2cscn2)c1C(=O)O. The fourth-order valence-corrected chi connectivity index (χ4v) is 3.52. The van der Waals surface area contributed by atoms with Crippen molar-refractivity contribution in [2.75, 3.05) is 0 Å². The third-order valence-electron chi connectivity index (χ3n) is 3.78. The Bertz CT molecular complexity index is 983. The second-order valence-electron chi connectivity index (χ2n) is 5.36. The number of rotatable bonds is 4. The van der Waals surface area contributed by atoms with Gasteiger partial charge >= 0.3 is 11.9 Å². The highest BCUT2D eigenvalue weighted by molar-refractivity contribution is 7.07. The monoisotopic (exact) mass is 373 g/mol. The predicted molar refractivity (Wildman–Crippen MR) is 96.7 cm³/mol. The van der Waals surface area contributed by atoms with Crippen molar-refractivity contribution in [2.24, 2.45) is 0 Å². The van der Waals surface area contributed by atoms with E-state index in [0.29, 0.717) is 27.4 Å². The molecule has 1 aromatic heterocycles. The first kappa shape index (κ1) is 17.1. The van der Waals surface area contributed by atoms with Gasteiger partial charge < -0.3 is 10.2 Å². The van der Waals surface area contributed by atoms with Crippen LogP contribution in [0, 0.1) is 6.92 Å². The van der Waals surface area contributed by atoms with Gasteiger partial charge in [-0.05, 0) is 41.8 Å². The molecular weight excluding hydrogens is 362 g/mol. The first-order valence-electron chi connectivity index (χ1n) is 7.19. The second-order valence-corrected chi connectivity index (χ2v) is 6.52. The number of thiazole rings is 1. The van der Waals surface area contributed by atoms with E-state index in [4.69, 9.17) is 11.6 Å². The molecule has 0 aliphatic rings. The number of hydrogen-bond donors (Lipinski definition) is 2. The molecular formula is C18H12ClNO4S. The van der Waals surface area contributed by atoms with Crippen molar-refractivity contribution in [3.8, 4) is 22.4 Å². The van der Waals surface area contributed by atoms with Crippen LogP contribution >= 0.6 is 22.9 Å². The van der Waals surface area contributed by atoms with Crippen LogP contribution in [0.3, 0.4) is 0 Å². The number of hydrogen-bond acceptors (Lipinski definition) is 4. The van der Waals surface area contributed by atoms with Crippen molar-refractivity contribution in [1.82, 2.24) is 4.98 Å². The maximum atomic E-state index is 12.0. The molecule has 0 saturated carbocycles. The Morgan fingerprint density at radius 1 is 1.12 bits per heavy atom. The van der Waals surface area contributed by atoms with Gasteiger partial charge in [-0.2, -0.15) is 0 Å². The van der Waals surface area contributed by atoms with Crippen molar-refractivity contribution < 1.29 is 19.8 Å². The molecule has 0 aliphatic carbocycles. The van der Waals surface area contributed by atoms with Crippen LogP contribution in [0.2, 0.25) is 5.02 Å². The molecule has 2 aromatic carbocycles. The molecule has 5 nitrogen and oxygen atoms in total. The maximum absolute atomic E-state index is 12.0. The molecule has 2 N–H and O–H groups in total. The van der Waals surface area contributed by atoms with Crippen molar-refractivity contribution in [2.45, 2.75) is 6.92 Å². The van der Waals surface area contributed by atoms with Gasteiger partial charge in [-0.3, -0.25) is 0 Å². The Balaban J connectivity index is 2.46. The number of aromatic carboxylic acids is 2. The van der Waals surface area contributed by atoms with Gasteiger partial charge in [0.15, 0.2) is 0 Å². The number of nitrogens with zero attached hydrogens (tertiary/aromatic N) is 1. The normalized spacial score (nSPS) is 10.6. The summed E-state index contributed by atoms with van der Waals surface area (Å²) in [6, 6.07) is 8.35. The third kappa shape index (κ3) is 3.14. The molecule has 7 heteroatoms. The standard InChI is InChI=1S/C18H12ClNO4S/c1-9-5-12(10-3-2-4-11(19)6-10)15(18(23)24)16(14(9)17(21)22)13-7-25-8-20-13/h2-8H,1H3,(H,21,22)(H,23,24). The van der Waals surface area contributed by atoms with Crippen LogP contribution in [0.15, 0.2) is 41.2 Å². The first-order chi connectivity index (χ1) is 11.9. The lowest BCUT2D eigenvalue weighted by atomic mass is 9.87. The highest BCUT2D eigenvalue weighted by Gasteiger charge is 2.27. The van der Waals surface area contributed by atoms with Crippen molar-refractivity contribution in [3.05, 3.63) is 62.9 Å². The molecule has 0 saturated heterocycles. The molecule has 1 heterocycles. The van der Waals surface area contributed by atoms with Gasteiger partial charge in [0, 0.05) is 16.0 Å². The quantitative estimate of drug-likeness (QED) is 0.683. The predicted octanol–water partition coefficient (Wildman–Crippen LogP) is 4.84. The van der Waals surface area contributed by atoms with E-state index in [2.05, 4.69) is 4.98 Å². The largest absolute Gasteiger partial charge is 0.478 e. The Labute approximate surface area is 152 Å². The average Bonchev–Trinajstić information content (AvgIpc) is 3.07. The van der Waals surface area contributed by atoms with E-state index in [0.717, 1.165) is 0 Å². The molecule has 126 valence electrons. The van der Waals surface area contributed by atoms with Gasteiger partial charge in [-0.15, -0.1) is 11.3 Å². The van der Waals surface area contributed by atoms with Gasteiger partial charge in [-0.1, -0.05) is 23.7 Å². The topological polar surface area (TPSA) is 87.5 Å². The zero-order chi connectivity index (χ0) is 18.1. The van der Waals surface area contributed by atoms with Gasteiger partial charge in [-0.25, -0.2) is 14.6 Å². The number of carbonyl (C=O) groups is 2. The van der Waals surface area contributed by atoms with Crippen LogP contribution in [0.1, 0.15) is 26.3 Å². The summed E-state index contributed by atoms with van der Waals surface area (Å²) in [7, 11) is 0. The lowest BCUT2D eigenvalue weighted by Gasteiger charge is -2.16. The molecule has 0 unspecified atom stereocenters. The highest BCUT2D eigenvalue weighted by Crippen LogP contribution is 2.38. The minimum Gasteiger partial charge on any atom is -0.478 e. The number of aromatic nitrogens is 1. The molecule has 0 amide bonds. The van der Waals surface area contributed by atoms with Crippen LogP contribution in [0.4, 0.5) is 0 Å². The van der Waals surface area contributed by atoms with Crippen molar-refractivity contribution in [3.63, 3.8) is 0 Å². The molecule has 25 heavy (non-hydrogen) atoms. The number of carboxylic acids is 2. The van der Waals surface area contributed by atoms with E-state index in [1.54, 1.807) is 42.6 Å². The van der Waals surface area contributed by atoms with Crippen LogP contribution in [0.25, 0.3) is 22.4 Å². The summed E-state index contributed by atoms with van der Waals surface area (Å²) in [5.41, 5.74) is 3.26. The number of halogens is 1. The third-order valence-corrected chi connectivity index (χ3v) is 4.60. The minimum absolute atomic E-state index is 0.0610. The van der Waals surface area contributed by atoms with Crippen molar-refractivity contribution >= 4 is 34.9 Å². The molecule has 0 spiro atoms. The van der Waals surface area contributed by atoms with E-state index in [1.807, 2.05) is 0 Å². The van der Waals surface area contributed by atoms with E-state index < -0.39 is 11.9 Å². The summed E-state index contributed by atoms with van der Waals surface area (Å²) in [5, 5.41) is 21.5. The fraction of sp³-hybridized carbons (Fsp3) is 0.0556. The summed E-state index contributed by atoms with van der Waals surface area (Å²) in [6.45, 7) is 1.64. The molecule has 0 bridgehead atoms. The Morgan fingerprint density at radius 3 is 2.40 bits per heavy atom. The summed E-state index contributed by atoms with van der Waals surface area (Å²) in [4.78, 5) is 27.9. The number of benzene rings is 2. The summed E-state index contributed by atoms with van der Waals surface area (Å²) >= 11 is 7.30. The van der Waals surface area contributed by atoms with E-state index >= 15 is 0 Å². The average molecular weight is 374 g/mol. The number of carboxylic acid groups (broad SMARTS) is 2. The van der Waals surface area contributed by atoms with E-state index in [-0.39, 0.29) is 16.7 Å². The lowest BCUT2D eigenvalue weighted by Crippen LogP contribution is -2.11. The summed E-state index contributed by atoms with van der Waals surface area (Å²) in [6.07, 6.45) is 0. The first-order valence-corrected chi connectivity index (χ1v) is 8.51. The Hall–Kier alpha value is -2.70. The second kappa shape index (κ2) is 6.66. The van der Waals surface area contributed by atoms with Crippen molar-refractivity contribution in [1.29, 1.82) is 0 Å². The molecule has 3 rings (SSSR count). The molecule has 0 aliphatic heterocycles. The number of aryl methyl sites for hydroxylation is 1. The lowest BCUT2D eigenvalue weighted by molar-refractivity contribution is 0.0695. The molecule has 3 aromatic rings. The summed E-state index contributed by atoms with van der Waals surface area (Å²) in [5.74, 6) is -2.42. The van der Waals surface area contributed by atoms with E-state index in [9.17, 15) is 19.8 Å². The van der Waals surface area contributed by atoms with Crippen LogP contribution < -0.4 is 0 Å². The Kier molecular flexibility index (Phi) is 4.57.